The van der Waals surface area contributed by atoms with Gasteiger partial charge in [-0.15, -0.1) is 0 Å². The molecule has 0 aliphatic rings. The van der Waals surface area contributed by atoms with Crippen LogP contribution in [0.25, 0.3) is 11.1 Å². The summed E-state index contributed by atoms with van der Waals surface area (Å²) in [5.74, 6) is 0.678. The van der Waals surface area contributed by atoms with Gasteiger partial charge in [0.1, 0.15) is 11.5 Å². The third-order valence-electron chi connectivity index (χ3n) is 3.32. The van der Waals surface area contributed by atoms with Gasteiger partial charge in [0, 0.05) is 12.0 Å². The first-order valence-electron chi connectivity index (χ1n) is 6.70. The Morgan fingerprint density at radius 3 is 2.48 bits per heavy atom. The number of aryl methyl sites for hydroxylation is 1. The van der Waals surface area contributed by atoms with Crippen LogP contribution in [-0.4, -0.2) is 23.1 Å². The summed E-state index contributed by atoms with van der Waals surface area (Å²) in [5.41, 5.74) is 2.32. The molecule has 0 heterocycles. The molecule has 0 unspecified atom stereocenters. The van der Waals surface area contributed by atoms with Gasteiger partial charge in [-0.2, -0.15) is 0 Å². The maximum atomic E-state index is 11.0. The molecule has 21 heavy (non-hydrogen) atoms. The molecule has 4 heteroatoms. The van der Waals surface area contributed by atoms with Gasteiger partial charge in [-0.05, 0) is 42.7 Å². The number of rotatable bonds is 5. The van der Waals surface area contributed by atoms with Gasteiger partial charge in [-0.1, -0.05) is 18.2 Å². The highest BCUT2D eigenvalue weighted by Crippen LogP contribution is 2.35. The Morgan fingerprint density at radius 2 is 1.86 bits per heavy atom. The molecule has 2 aromatic carbocycles. The van der Waals surface area contributed by atoms with Gasteiger partial charge in [0.15, 0.2) is 11.5 Å². The number of Topliss-reactive ketones (excluding diaryl/α,β-unsaturated/α-hetero) is 1. The minimum Gasteiger partial charge on any atom is -0.507 e. The molecule has 0 spiro atoms. The van der Waals surface area contributed by atoms with Crippen molar-refractivity contribution in [2.24, 2.45) is 0 Å². The lowest BCUT2D eigenvalue weighted by Crippen LogP contribution is -1.94. The van der Waals surface area contributed by atoms with E-state index in [0.717, 1.165) is 11.1 Å². The number of ether oxygens (including phenoxy) is 1. The largest absolute Gasteiger partial charge is 0.507 e. The molecular formula is C17H18O4. The molecular weight excluding hydrogens is 268 g/mol. The zero-order valence-corrected chi connectivity index (χ0v) is 12.1. The van der Waals surface area contributed by atoms with Crippen molar-refractivity contribution in [3.05, 3.63) is 42.0 Å². The van der Waals surface area contributed by atoms with Crippen molar-refractivity contribution in [3.8, 4) is 28.4 Å². The SMILES string of the molecule is COc1cc(-c2ccc(CCC(C)=O)cc2O)ccc1O. The van der Waals surface area contributed by atoms with Gasteiger partial charge in [0.05, 0.1) is 7.11 Å². The van der Waals surface area contributed by atoms with E-state index in [9.17, 15) is 15.0 Å². The summed E-state index contributed by atoms with van der Waals surface area (Å²) in [6.45, 7) is 1.55. The van der Waals surface area contributed by atoms with Crippen molar-refractivity contribution >= 4 is 5.78 Å². The number of hydrogen-bond donors (Lipinski definition) is 2. The first kappa shape index (κ1) is 14.9. The van der Waals surface area contributed by atoms with E-state index in [0.29, 0.717) is 24.2 Å². The highest BCUT2D eigenvalue weighted by molar-refractivity contribution is 5.76. The number of phenolic OH excluding ortho intramolecular Hbond substituents is 2. The van der Waals surface area contributed by atoms with E-state index in [1.165, 1.54) is 13.2 Å². The van der Waals surface area contributed by atoms with Crippen molar-refractivity contribution in [2.75, 3.05) is 7.11 Å². The average Bonchev–Trinajstić information content (AvgIpc) is 2.46. The maximum Gasteiger partial charge on any atom is 0.161 e. The molecule has 0 bridgehead atoms. The van der Waals surface area contributed by atoms with Crippen molar-refractivity contribution in [2.45, 2.75) is 19.8 Å². The summed E-state index contributed by atoms with van der Waals surface area (Å²) in [4.78, 5) is 11.0. The van der Waals surface area contributed by atoms with Gasteiger partial charge < -0.3 is 19.7 Å². The molecule has 2 N–H and O–H groups in total. The molecule has 0 aliphatic heterocycles. The Morgan fingerprint density at radius 1 is 1.10 bits per heavy atom. The number of phenols is 2. The lowest BCUT2D eigenvalue weighted by atomic mass is 10.00. The number of carbonyl (C=O) groups excluding carboxylic acids is 1. The fraction of sp³-hybridized carbons (Fsp3) is 0.235. The Balaban J connectivity index is 2.30. The Bertz CT molecular complexity index is 662. The molecule has 0 aliphatic carbocycles. The van der Waals surface area contributed by atoms with Crippen LogP contribution in [0.3, 0.4) is 0 Å². The van der Waals surface area contributed by atoms with Crippen LogP contribution in [-0.2, 0) is 11.2 Å². The number of hydrogen-bond acceptors (Lipinski definition) is 4. The Labute approximate surface area is 123 Å². The quantitative estimate of drug-likeness (QED) is 0.885. The van der Waals surface area contributed by atoms with Crippen molar-refractivity contribution in [1.82, 2.24) is 0 Å². The first-order valence-corrected chi connectivity index (χ1v) is 6.70. The monoisotopic (exact) mass is 286 g/mol. The van der Waals surface area contributed by atoms with E-state index in [1.807, 2.05) is 6.07 Å². The molecule has 0 saturated carbocycles. The molecule has 0 atom stereocenters. The predicted octanol–water partition coefficient (Wildman–Crippen LogP) is 3.30. The van der Waals surface area contributed by atoms with Crippen LogP contribution in [0.4, 0.5) is 0 Å². The summed E-state index contributed by atoms with van der Waals surface area (Å²) < 4.78 is 5.07. The van der Waals surface area contributed by atoms with E-state index in [-0.39, 0.29) is 17.3 Å². The summed E-state index contributed by atoms with van der Waals surface area (Å²) in [5, 5.41) is 19.8. The summed E-state index contributed by atoms with van der Waals surface area (Å²) in [7, 11) is 1.48. The van der Waals surface area contributed by atoms with Gasteiger partial charge in [-0.25, -0.2) is 0 Å². The summed E-state index contributed by atoms with van der Waals surface area (Å²) >= 11 is 0. The molecule has 0 amide bonds. The van der Waals surface area contributed by atoms with Gasteiger partial charge >= 0.3 is 0 Å². The number of ketones is 1. The second-order valence-corrected chi connectivity index (χ2v) is 4.94. The predicted molar refractivity (Wildman–Crippen MR) is 80.8 cm³/mol. The number of aromatic hydroxyl groups is 2. The molecule has 2 rings (SSSR count). The highest BCUT2D eigenvalue weighted by Gasteiger charge is 2.09. The molecule has 0 fully saturated rings. The van der Waals surface area contributed by atoms with Crippen LogP contribution < -0.4 is 4.74 Å². The zero-order chi connectivity index (χ0) is 15.4. The lowest BCUT2D eigenvalue weighted by molar-refractivity contribution is -0.116. The third kappa shape index (κ3) is 3.54. The van der Waals surface area contributed by atoms with Gasteiger partial charge in [-0.3, -0.25) is 0 Å². The van der Waals surface area contributed by atoms with E-state index in [1.54, 1.807) is 31.2 Å². The fourth-order valence-corrected chi connectivity index (χ4v) is 2.14. The van der Waals surface area contributed by atoms with Gasteiger partial charge in [0.25, 0.3) is 0 Å². The number of methoxy groups -OCH3 is 1. The van der Waals surface area contributed by atoms with Crippen LogP contribution >= 0.6 is 0 Å². The Kier molecular flexibility index (Phi) is 4.48. The average molecular weight is 286 g/mol. The topological polar surface area (TPSA) is 66.8 Å². The maximum absolute atomic E-state index is 11.0. The minimum absolute atomic E-state index is 0.0545. The van der Waals surface area contributed by atoms with E-state index in [4.69, 9.17) is 4.74 Å². The van der Waals surface area contributed by atoms with E-state index < -0.39 is 0 Å². The van der Waals surface area contributed by atoms with Crippen molar-refractivity contribution in [3.63, 3.8) is 0 Å². The number of carbonyl (C=O) groups is 1. The van der Waals surface area contributed by atoms with Gasteiger partial charge in [0.2, 0.25) is 0 Å². The van der Waals surface area contributed by atoms with Crippen molar-refractivity contribution in [1.29, 1.82) is 0 Å². The second kappa shape index (κ2) is 6.31. The second-order valence-electron chi connectivity index (χ2n) is 4.94. The van der Waals surface area contributed by atoms with Crippen LogP contribution in [0.15, 0.2) is 36.4 Å². The molecule has 2 aromatic rings. The molecule has 4 nitrogen and oxygen atoms in total. The van der Waals surface area contributed by atoms with Crippen LogP contribution in [0, 0.1) is 0 Å². The standard InChI is InChI=1S/C17H18O4/c1-11(18)3-4-12-5-7-14(16(20)9-12)13-6-8-15(19)17(10-13)21-2/h5-10,19-20H,3-4H2,1-2H3. The van der Waals surface area contributed by atoms with Crippen LogP contribution in [0.1, 0.15) is 18.9 Å². The molecule has 0 saturated heterocycles. The van der Waals surface area contributed by atoms with Crippen molar-refractivity contribution < 1.29 is 19.7 Å². The Hall–Kier alpha value is -2.49. The van der Waals surface area contributed by atoms with E-state index >= 15 is 0 Å². The normalized spacial score (nSPS) is 10.4. The van der Waals surface area contributed by atoms with E-state index in [2.05, 4.69) is 0 Å². The molecule has 0 radical (unpaired) electrons. The lowest BCUT2D eigenvalue weighted by Gasteiger charge is -2.10. The molecule has 0 aromatic heterocycles. The zero-order valence-electron chi connectivity index (χ0n) is 12.1. The number of benzene rings is 2. The molecule has 110 valence electrons. The van der Waals surface area contributed by atoms with Crippen LogP contribution in [0.2, 0.25) is 0 Å². The summed E-state index contributed by atoms with van der Waals surface area (Å²) in [6.07, 6.45) is 1.08. The first-order chi connectivity index (χ1) is 10.0. The smallest absolute Gasteiger partial charge is 0.161 e. The third-order valence-corrected chi connectivity index (χ3v) is 3.32. The highest BCUT2D eigenvalue weighted by atomic mass is 16.5. The minimum atomic E-state index is 0.0545. The fourth-order valence-electron chi connectivity index (χ4n) is 2.14. The van der Waals surface area contributed by atoms with Crippen LogP contribution in [0.5, 0.6) is 17.2 Å². The summed E-state index contributed by atoms with van der Waals surface area (Å²) in [6, 6.07) is 10.3.